The summed E-state index contributed by atoms with van der Waals surface area (Å²) in [6, 6.07) is 13.5. The molecule has 10 heteroatoms. The van der Waals surface area contributed by atoms with Gasteiger partial charge in [-0.3, -0.25) is 14.6 Å². The van der Waals surface area contributed by atoms with Crippen LogP contribution in [0.4, 0.5) is 5.69 Å². The van der Waals surface area contributed by atoms with Crippen molar-refractivity contribution in [3.63, 3.8) is 0 Å². The maximum atomic E-state index is 13.4. The first-order valence-electron chi connectivity index (χ1n) is 11.1. The molecule has 2 amide bonds. The van der Waals surface area contributed by atoms with E-state index in [1.165, 1.54) is 11.2 Å². The highest BCUT2D eigenvalue weighted by Crippen LogP contribution is 2.26. The lowest BCUT2D eigenvalue weighted by Gasteiger charge is -2.26. The van der Waals surface area contributed by atoms with Crippen molar-refractivity contribution >= 4 is 35.4 Å². The van der Waals surface area contributed by atoms with E-state index in [9.17, 15) is 14.4 Å². The van der Waals surface area contributed by atoms with Crippen molar-refractivity contribution < 1.29 is 19.1 Å². The van der Waals surface area contributed by atoms with Gasteiger partial charge < -0.3 is 25.5 Å². The Morgan fingerprint density at radius 1 is 1.20 bits per heavy atom. The van der Waals surface area contributed by atoms with E-state index in [1.807, 2.05) is 12.1 Å². The second-order valence-corrected chi connectivity index (χ2v) is 8.34. The summed E-state index contributed by atoms with van der Waals surface area (Å²) in [5.74, 6) is 5.59. The Balaban J connectivity index is 0.00000137. The molecule has 0 aliphatic carbocycles. The standard InChI is InChI=1S/C23H26ClN5O3.C2H6O/c24-17-9-7-16(8-10-17)14-27-22(31)21-6-3-12-28(21)23(32)19-4-1-2-5-20(19)29(26)15-18(25)11-13-30;1-3-2/h1-2,4-5,7-10,13,15,21H,3,6,11-12,14,25-26H2,(H,27,31);1-2H3/b18-15-;. The molecule has 1 atom stereocenters. The number of nitrogens with zero attached hydrogens (tertiary/aromatic N) is 2. The predicted molar refractivity (Wildman–Crippen MR) is 136 cm³/mol. The normalized spacial score (nSPS) is 15.1. The molecule has 0 spiro atoms. The Hall–Kier alpha value is -3.40. The average molecular weight is 502 g/mol. The zero-order valence-corrected chi connectivity index (χ0v) is 20.7. The Labute approximate surface area is 210 Å². The molecule has 3 rings (SSSR count). The van der Waals surface area contributed by atoms with E-state index in [0.717, 1.165) is 12.0 Å². The molecule has 1 aliphatic heterocycles. The van der Waals surface area contributed by atoms with Crippen LogP contribution in [-0.2, 0) is 20.9 Å². The summed E-state index contributed by atoms with van der Waals surface area (Å²) in [5, 5.41) is 4.75. The number of halogens is 1. The molecule has 2 aromatic carbocycles. The number of nitrogens with one attached hydrogen (secondary N) is 1. The van der Waals surface area contributed by atoms with Crippen LogP contribution in [0.1, 0.15) is 35.2 Å². The molecule has 0 bridgehead atoms. The summed E-state index contributed by atoms with van der Waals surface area (Å²) in [5.41, 5.74) is 7.74. The van der Waals surface area contributed by atoms with E-state index in [1.54, 1.807) is 55.5 Å². The molecule has 188 valence electrons. The smallest absolute Gasteiger partial charge is 0.256 e. The molecule has 9 nitrogen and oxygen atoms in total. The number of carbonyl (C=O) groups excluding carboxylic acids is 3. The van der Waals surface area contributed by atoms with Gasteiger partial charge in [-0.15, -0.1) is 0 Å². The van der Waals surface area contributed by atoms with Crippen molar-refractivity contribution in [2.45, 2.75) is 31.8 Å². The SMILES string of the molecule is COC.N/C(=C\N(N)c1ccccc1C(=O)N1CCCC1C(=O)NCc1ccc(Cl)cc1)CC=O. The van der Waals surface area contributed by atoms with E-state index in [4.69, 9.17) is 23.2 Å². The number of hydrogen-bond donors (Lipinski definition) is 3. The molecule has 0 radical (unpaired) electrons. The van der Waals surface area contributed by atoms with Gasteiger partial charge in [0.1, 0.15) is 12.3 Å². The number of rotatable bonds is 8. The molecule has 0 aromatic heterocycles. The molecule has 0 saturated carbocycles. The summed E-state index contributed by atoms with van der Waals surface area (Å²) >= 11 is 5.90. The van der Waals surface area contributed by atoms with Gasteiger partial charge in [0.25, 0.3) is 5.91 Å². The van der Waals surface area contributed by atoms with Gasteiger partial charge in [-0.1, -0.05) is 35.9 Å². The molecule has 1 fully saturated rings. The topological polar surface area (TPSA) is 131 Å². The van der Waals surface area contributed by atoms with Gasteiger partial charge in [0.2, 0.25) is 5.91 Å². The molecular formula is C25H32ClN5O4. The van der Waals surface area contributed by atoms with Crippen LogP contribution in [0.3, 0.4) is 0 Å². The highest BCUT2D eigenvalue weighted by atomic mass is 35.5. The number of anilines is 1. The Kier molecular flexibility index (Phi) is 11.2. The average Bonchev–Trinajstić information content (AvgIpc) is 3.34. The number of amides is 2. The monoisotopic (exact) mass is 501 g/mol. The number of para-hydroxylation sites is 1. The van der Waals surface area contributed by atoms with Gasteiger partial charge >= 0.3 is 0 Å². The number of allylic oxidation sites excluding steroid dienone is 1. The van der Waals surface area contributed by atoms with E-state index in [0.29, 0.717) is 42.1 Å². The van der Waals surface area contributed by atoms with Crippen LogP contribution < -0.4 is 21.9 Å². The van der Waals surface area contributed by atoms with Gasteiger partial charge in [-0.25, -0.2) is 5.84 Å². The molecule has 2 aromatic rings. The second kappa shape index (κ2) is 14.1. The lowest BCUT2D eigenvalue weighted by molar-refractivity contribution is -0.125. The number of benzene rings is 2. The molecule has 35 heavy (non-hydrogen) atoms. The summed E-state index contributed by atoms with van der Waals surface area (Å²) in [6.07, 6.45) is 3.42. The Morgan fingerprint density at radius 2 is 1.86 bits per heavy atom. The van der Waals surface area contributed by atoms with Crippen LogP contribution in [0.2, 0.25) is 5.02 Å². The van der Waals surface area contributed by atoms with Crippen molar-refractivity contribution in [2.24, 2.45) is 11.6 Å². The lowest BCUT2D eigenvalue weighted by atomic mass is 10.1. The van der Waals surface area contributed by atoms with Gasteiger partial charge in [-0.2, -0.15) is 0 Å². The molecule has 1 aliphatic rings. The fraction of sp³-hybridized carbons (Fsp3) is 0.320. The first kappa shape index (κ1) is 27.8. The van der Waals surface area contributed by atoms with Gasteiger partial charge in [0, 0.05) is 50.6 Å². The lowest BCUT2D eigenvalue weighted by Crippen LogP contribution is -2.46. The number of aldehydes is 1. The third kappa shape index (κ3) is 8.10. The molecule has 1 unspecified atom stereocenters. The number of likely N-dealkylation sites (tertiary alicyclic amines) is 1. The van der Waals surface area contributed by atoms with Crippen molar-refractivity contribution in [3.8, 4) is 0 Å². The molecule has 1 saturated heterocycles. The first-order valence-corrected chi connectivity index (χ1v) is 11.5. The summed E-state index contributed by atoms with van der Waals surface area (Å²) in [7, 11) is 3.25. The van der Waals surface area contributed by atoms with Crippen LogP contribution >= 0.6 is 11.6 Å². The van der Waals surface area contributed by atoms with Crippen LogP contribution in [-0.4, -0.2) is 49.8 Å². The van der Waals surface area contributed by atoms with E-state index in [2.05, 4.69) is 10.1 Å². The quantitative estimate of drug-likeness (QED) is 0.288. The molecular weight excluding hydrogens is 470 g/mol. The Morgan fingerprint density at radius 3 is 2.51 bits per heavy atom. The fourth-order valence-electron chi connectivity index (χ4n) is 3.62. The number of nitrogens with two attached hydrogens (primary N) is 2. The van der Waals surface area contributed by atoms with Crippen molar-refractivity contribution in [1.29, 1.82) is 0 Å². The van der Waals surface area contributed by atoms with Crippen LogP contribution in [0.25, 0.3) is 0 Å². The molecule has 5 N–H and O–H groups in total. The largest absolute Gasteiger partial charge is 0.400 e. The number of hydrogen-bond acceptors (Lipinski definition) is 7. The van der Waals surface area contributed by atoms with Crippen molar-refractivity contribution in [3.05, 3.63) is 76.6 Å². The fourth-order valence-corrected chi connectivity index (χ4v) is 3.75. The van der Waals surface area contributed by atoms with Gasteiger partial charge in [-0.05, 0) is 42.7 Å². The minimum atomic E-state index is -0.565. The first-order chi connectivity index (χ1) is 16.8. The van der Waals surface area contributed by atoms with Crippen LogP contribution in [0, 0.1) is 0 Å². The van der Waals surface area contributed by atoms with Crippen molar-refractivity contribution in [1.82, 2.24) is 10.2 Å². The highest BCUT2D eigenvalue weighted by molar-refractivity contribution is 6.30. The number of carbonyl (C=O) groups is 3. The van der Waals surface area contributed by atoms with Crippen molar-refractivity contribution in [2.75, 3.05) is 25.8 Å². The molecule has 1 heterocycles. The zero-order chi connectivity index (χ0) is 25.8. The minimum absolute atomic E-state index is 0.0335. The van der Waals surface area contributed by atoms with E-state index in [-0.39, 0.29) is 23.9 Å². The van der Waals surface area contributed by atoms with Gasteiger partial charge in [0.05, 0.1) is 11.3 Å². The maximum Gasteiger partial charge on any atom is 0.256 e. The third-order valence-corrected chi connectivity index (χ3v) is 5.48. The summed E-state index contributed by atoms with van der Waals surface area (Å²) in [4.78, 5) is 38.4. The number of hydrazine groups is 1. The Bertz CT molecular complexity index is 1030. The van der Waals surface area contributed by atoms with Crippen LogP contribution in [0.15, 0.2) is 60.4 Å². The van der Waals surface area contributed by atoms with Crippen LogP contribution in [0.5, 0.6) is 0 Å². The summed E-state index contributed by atoms with van der Waals surface area (Å²) in [6.45, 7) is 0.822. The highest BCUT2D eigenvalue weighted by Gasteiger charge is 2.35. The number of methoxy groups -OCH3 is 1. The second-order valence-electron chi connectivity index (χ2n) is 7.91. The third-order valence-electron chi connectivity index (χ3n) is 5.23. The maximum absolute atomic E-state index is 13.4. The van der Waals surface area contributed by atoms with E-state index >= 15 is 0 Å². The predicted octanol–water partition coefficient (Wildman–Crippen LogP) is 2.59. The van der Waals surface area contributed by atoms with E-state index < -0.39 is 6.04 Å². The van der Waals surface area contributed by atoms with Gasteiger partial charge in [0.15, 0.2) is 0 Å². The number of ether oxygens (including phenoxy) is 1. The zero-order valence-electron chi connectivity index (χ0n) is 19.9. The minimum Gasteiger partial charge on any atom is -0.400 e. The summed E-state index contributed by atoms with van der Waals surface area (Å²) < 4.78 is 4.25.